The van der Waals surface area contributed by atoms with E-state index in [9.17, 15) is 0 Å². The lowest BCUT2D eigenvalue weighted by molar-refractivity contribution is 0.0206. The van der Waals surface area contributed by atoms with Gasteiger partial charge in [-0.1, -0.05) is 6.92 Å². The molecule has 0 saturated carbocycles. The number of piperidine rings is 1. The maximum absolute atomic E-state index is 5.29. The van der Waals surface area contributed by atoms with Gasteiger partial charge in [-0.05, 0) is 32.4 Å². The predicted molar refractivity (Wildman–Crippen MR) is 70.4 cm³/mol. The summed E-state index contributed by atoms with van der Waals surface area (Å²) in [5.74, 6) is 0.694. The topological polar surface area (TPSA) is 33.7 Å². The van der Waals surface area contributed by atoms with Crippen molar-refractivity contribution in [3.05, 3.63) is 0 Å². The lowest BCUT2D eigenvalue weighted by atomic mass is 9.92. The number of methoxy groups -OCH3 is 2. The summed E-state index contributed by atoms with van der Waals surface area (Å²) in [6, 6.07) is 1.11. The molecule has 1 saturated heterocycles. The van der Waals surface area contributed by atoms with E-state index in [0.29, 0.717) is 18.0 Å². The standard InChI is InChI=1S/C13H28N2O2/c1-11-9-14-6-5-13(11)15(7-8-16-3)12(2)10-17-4/h11-14H,5-10H2,1-4H3. The molecule has 0 aromatic carbocycles. The summed E-state index contributed by atoms with van der Waals surface area (Å²) in [6.07, 6.45) is 1.22. The number of ether oxygens (including phenoxy) is 2. The first-order valence-electron chi connectivity index (χ1n) is 6.65. The Labute approximate surface area is 106 Å². The predicted octanol–water partition coefficient (Wildman–Crippen LogP) is 0.968. The minimum absolute atomic E-state index is 0.459. The van der Waals surface area contributed by atoms with Crippen LogP contribution in [-0.4, -0.2) is 64.1 Å². The molecule has 0 aliphatic carbocycles. The number of hydrogen-bond donors (Lipinski definition) is 1. The molecule has 0 aromatic rings. The molecular formula is C13H28N2O2. The second kappa shape index (κ2) is 8.03. The normalized spacial score (nSPS) is 27.4. The molecule has 0 amide bonds. The Morgan fingerprint density at radius 1 is 1.35 bits per heavy atom. The van der Waals surface area contributed by atoms with Crippen LogP contribution in [0.2, 0.25) is 0 Å². The highest BCUT2D eigenvalue weighted by molar-refractivity contribution is 4.85. The Morgan fingerprint density at radius 2 is 2.12 bits per heavy atom. The van der Waals surface area contributed by atoms with Gasteiger partial charge in [-0.25, -0.2) is 0 Å². The minimum atomic E-state index is 0.459. The highest BCUT2D eigenvalue weighted by Gasteiger charge is 2.29. The van der Waals surface area contributed by atoms with Crippen LogP contribution in [0.5, 0.6) is 0 Å². The maximum Gasteiger partial charge on any atom is 0.0615 e. The molecular weight excluding hydrogens is 216 g/mol. The van der Waals surface area contributed by atoms with E-state index in [1.807, 2.05) is 0 Å². The molecule has 0 aromatic heterocycles. The molecule has 1 heterocycles. The van der Waals surface area contributed by atoms with Crippen LogP contribution < -0.4 is 5.32 Å². The molecule has 1 aliphatic rings. The molecule has 1 N–H and O–H groups in total. The van der Waals surface area contributed by atoms with E-state index < -0.39 is 0 Å². The molecule has 1 fully saturated rings. The monoisotopic (exact) mass is 244 g/mol. The highest BCUT2D eigenvalue weighted by Crippen LogP contribution is 2.20. The van der Waals surface area contributed by atoms with Crippen LogP contribution in [0.4, 0.5) is 0 Å². The van der Waals surface area contributed by atoms with Gasteiger partial charge in [-0.2, -0.15) is 0 Å². The van der Waals surface area contributed by atoms with Gasteiger partial charge in [-0.3, -0.25) is 4.90 Å². The Morgan fingerprint density at radius 3 is 2.71 bits per heavy atom. The van der Waals surface area contributed by atoms with Crippen LogP contribution in [0.1, 0.15) is 20.3 Å². The highest BCUT2D eigenvalue weighted by atomic mass is 16.5. The number of rotatable bonds is 7. The van der Waals surface area contributed by atoms with Crippen molar-refractivity contribution in [3.63, 3.8) is 0 Å². The van der Waals surface area contributed by atoms with Crippen molar-refractivity contribution < 1.29 is 9.47 Å². The van der Waals surface area contributed by atoms with Crippen molar-refractivity contribution in [2.24, 2.45) is 5.92 Å². The molecule has 3 unspecified atom stereocenters. The fourth-order valence-corrected chi connectivity index (χ4v) is 2.74. The van der Waals surface area contributed by atoms with Crippen LogP contribution in [0.25, 0.3) is 0 Å². The van der Waals surface area contributed by atoms with Gasteiger partial charge in [0.2, 0.25) is 0 Å². The average Bonchev–Trinajstić information content (AvgIpc) is 2.32. The van der Waals surface area contributed by atoms with Gasteiger partial charge in [-0.15, -0.1) is 0 Å². The first-order chi connectivity index (χ1) is 8.20. The van der Waals surface area contributed by atoms with Crippen molar-refractivity contribution in [2.75, 3.05) is 47.1 Å². The number of nitrogens with one attached hydrogen (secondary N) is 1. The van der Waals surface area contributed by atoms with Crippen molar-refractivity contribution in [1.29, 1.82) is 0 Å². The van der Waals surface area contributed by atoms with E-state index in [2.05, 4.69) is 24.1 Å². The molecule has 1 rings (SSSR count). The summed E-state index contributed by atoms with van der Waals surface area (Å²) in [7, 11) is 3.54. The lowest BCUT2D eigenvalue weighted by Crippen LogP contribution is -2.53. The van der Waals surface area contributed by atoms with Crippen molar-refractivity contribution in [2.45, 2.75) is 32.4 Å². The third kappa shape index (κ3) is 4.54. The quantitative estimate of drug-likeness (QED) is 0.723. The van der Waals surface area contributed by atoms with Gasteiger partial charge >= 0.3 is 0 Å². The fourth-order valence-electron chi connectivity index (χ4n) is 2.74. The molecule has 4 heteroatoms. The van der Waals surface area contributed by atoms with Crippen molar-refractivity contribution >= 4 is 0 Å². The van der Waals surface area contributed by atoms with Crippen molar-refractivity contribution in [1.82, 2.24) is 10.2 Å². The van der Waals surface area contributed by atoms with E-state index in [4.69, 9.17) is 9.47 Å². The van der Waals surface area contributed by atoms with Crippen LogP contribution in [0.15, 0.2) is 0 Å². The molecule has 3 atom stereocenters. The van der Waals surface area contributed by atoms with Gasteiger partial charge in [0.05, 0.1) is 13.2 Å². The average molecular weight is 244 g/mol. The summed E-state index contributed by atoms with van der Waals surface area (Å²) in [5, 5.41) is 3.46. The molecule has 4 nitrogen and oxygen atoms in total. The van der Waals surface area contributed by atoms with E-state index >= 15 is 0 Å². The Hall–Kier alpha value is -0.160. The molecule has 0 spiro atoms. The fraction of sp³-hybridized carbons (Fsp3) is 1.00. The first-order valence-corrected chi connectivity index (χ1v) is 6.65. The summed E-state index contributed by atoms with van der Waals surface area (Å²) in [6.45, 7) is 9.40. The third-order valence-electron chi connectivity index (χ3n) is 3.69. The summed E-state index contributed by atoms with van der Waals surface area (Å²) in [4.78, 5) is 2.55. The van der Waals surface area contributed by atoms with Gasteiger partial charge in [0.15, 0.2) is 0 Å². The number of hydrogen-bond acceptors (Lipinski definition) is 4. The zero-order valence-electron chi connectivity index (χ0n) is 11.7. The second-order valence-electron chi connectivity index (χ2n) is 5.07. The van der Waals surface area contributed by atoms with E-state index in [1.165, 1.54) is 6.42 Å². The first kappa shape index (κ1) is 14.9. The zero-order chi connectivity index (χ0) is 12.7. The summed E-state index contributed by atoms with van der Waals surface area (Å²) >= 11 is 0. The third-order valence-corrected chi connectivity index (χ3v) is 3.69. The molecule has 102 valence electrons. The molecule has 0 bridgehead atoms. The smallest absolute Gasteiger partial charge is 0.0615 e. The largest absolute Gasteiger partial charge is 0.383 e. The van der Waals surface area contributed by atoms with Gasteiger partial charge in [0.25, 0.3) is 0 Å². The van der Waals surface area contributed by atoms with Crippen LogP contribution in [0, 0.1) is 5.92 Å². The van der Waals surface area contributed by atoms with Crippen molar-refractivity contribution in [3.8, 4) is 0 Å². The van der Waals surface area contributed by atoms with Crippen LogP contribution in [-0.2, 0) is 9.47 Å². The molecule has 17 heavy (non-hydrogen) atoms. The molecule has 0 radical (unpaired) electrons. The van der Waals surface area contributed by atoms with Gasteiger partial charge in [0.1, 0.15) is 0 Å². The van der Waals surface area contributed by atoms with E-state index in [-0.39, 0.29) is 0 Å². The van der Waals surface area contributed by atoms with Gasteiger partial charge < -0.3 is 14.8 Å². The minimum Gasteiger partial charge on any atom is -0.383 e. The maximum atomic E-state index is 5.29. The molecule has 1 aliphatic heterocycles. The van der Waals surface area contributed by atoms with Crippen LogP contribution >= 0.6 is 0 Å². The number of nitrogens with zero attached hydrogens (tertiary/aromatic N) is 1. The van der Waals surface area contributed by atoms with E-state index in [0.717, 1.165) is 32.8 Å². The van der Waals surface area contributed by atoms with Crippen LogP contribution in [0.3, 0.4) is 0 Å². The second-order valence-corrected chi connectivity index (χ2v) is 5.07. The Balaban J connectivity index is 2.58. The zero-order valence-corrected chi connectivity index (χ0v) is 11.7. The SMILES string of the molecule is COCCN(C(C)COC)C1CCNCC1C. The summed E-state index contributed by atoms with van der Waals surface area (Å²) in [5.41, 5.74) is 0. The summed E-state index contributed by atoms with van der Waals surface area (Å²) < 4.78 is 10.5. The lowest BCUT2D eigenvalue weighted by Gasteiger charge is -2.42. The van der Waals surface area contributed by atoms with E-state index in [1.54, 1.807) is 14.2 Å². The Bertz CT molecular complexity index is 202. The Kier molecular flexibility index (Phi) is 7.04. The van der Waals surface area contributed by atoms with Gasteiger partial charge in [0, 0.05) is 32.8 Å².